The lowest BCUT2D eigenvalue weighted by molar-refractivity contribution is -0.139. The maximum Gasteiger partial charge on any atom is 0.331 e. The summed E-state index contributed by atoms with van der Waals surface area (Å²) in [7, 11) is 1.54. The molecule has 1 aromatic heterocycles. The Labute approximate surface area is 109 Å². The molecule has 0 spiro atoms. The number of carboxylic acid groups (broad SMARTS) is 1. The number of carbonyl (C=O) groups excluding carboxylic acids is 1. The first-order valence-electron chi connectivity index (χ1n) is 5.38. The van der Waals surface area contributed by atoms with E-state index in [9.17, 15) is 9.59 Å². The number of ether oxygens (including phenoxy) is 1. The summed E-state index contributed by atoms with van der Waals surface area (Å²) in [5.41, 5.74) is 0. The summed E-state index contributed by atoms with van der Waals surface area (Å²) >= 11 is 1.28. The van der Waals surface area contributed by atoms with E-state index in [1.54, 1.807) is 24.4 Å². The monoisotopic (exact) mass is 272 g/mol. The van der Waals surface area contributed by atoms with E-state index >= 15 is 0 Å². The molecule has 0 saturated heterocycles. The Balaban J connectivity index is 2.52. The van der Waals surface area contributed by atoms with Crippen LogP contribution in [0.25, 0.3) is 0 Å². The molecule has 6 nitrogen and oxygen atoms in total. The van der Waals surface area contributed by atoms with Crippen LogP contribution < -0.4 is 10.6 Å². The third-order valence-electron chi connectivity index (χ3n) is 2.30. The second-order valence-corrected chi connectivity index (χ2v) is 4.67. The first-order valence-corrected chi connectivity index (χ1v) is 6.26. The molecule has 1 heterocycles. The van der Waals surface area contributed by atoms with Gasteiger partial charge in [0.2, 0.25) is 0 Å². The Kier molecular flexibility index (Phi) is 5.60. The first kappa shape index (κ1) is 14.5. The highest BCUT2D eigenvalue weighted by atomic mass is 32.1. The van der Waals surface area contributed by atoms with Crippen LogP contribution in [-0.2, 0) is 9.53 Å². The molecule has 0 fully saturated rings. The molecule has 0 bridgehead atoms. The summed E-state index contributed by atoms with van der Waals surface area (Å²) in [5.74, 6) is -1.09. The van der Waals surface area contributed by atoms with Crippen molar-refractivity contribution in [2.24, 2.45) is 0 Å². The van der Waals surface area contributed by atoms with E-state index in [0.717, 1.165) is 0 Å². The lowest BCUT2D eigenvalue weighted by Gasteiger charge is -2.15. The molecule has 0 radical (unpaired) electrons. The zero-order chi connectivity index (χ0) is 13.5. The van der Waals surface area contributed by atoms with Crippen molar-refractivity contribution in [2.45, 2.75) is 19.1 Å². The van der Waals surface area contributed by atoms with Crippen molar-refractivity contribution in [3.05, 3.63) is 22.4 Å². The predicted octanol–water partition coefficient (Wildman–Crippen LogP) is 1.21. The van der Waals surface area contributed by atoms with Gasteiger partial charge in [0.1, 0.15) is 0 Å². The molecule has 100 valence electrons. The Bertz CT molecular complexity index is 394. The summed E-state index contributed by atoms with van der Waals surface area (Å²) in [4.78, 5) is 23.2. The van der Waals surface area contributed by atoms with E-state index in [1.807, 2.05) is 0 Å². The molecule has 2 amide bonds. The lowest BCUT2D eigenvalue weighted by Crippen LogP contribution is -2.43. The third kappa shape index (κ3) is 4.34. The van der Waals surface area contributed by atoms with Gasteiger partial charge in [-0.15, -0.1) is 11.3 Å². The van der Waals surface area contributed by atoms with Crippen LogP contribution in [0.5, 0.6) is 0 Å². The molecule has 2 unspecified atom stereocenters. The highest BCUT2D eigenvalue weighted by molar-refractivity contribution is 7.10. The average molecular weight is 272 g/mol. The molecule has 0 aromatic carbocycles. The van der Waals surface area contributed by atoms with E-state index in [4.69, 9.17) is 9.84 Å². The number of carbonyl (C=O) groups is 2. The second kappa shape index (κ2) is 6.97. The van der Waals surface area contributed by atoms with Gasteiger partial charge in [-0.2, -0.15) is 0 Å². The van der Waals surface area contributed by atoms with E-state index in [0.29, 0.717) is 11.4 Å². The molecule has 3 N–H and O–H groups in total. The second-order valence-electron chi connectivity index (χ2n) is 3.69. The van der Waals surface area contributed by atoms with Crippen LogP contribution in [0.2, 0.25) is 0 Å². The van der Waals surface area contributed by atoms with Crippen molar-refractivity contribution in [1.82, 2.24) is 10.6 Å². The van der Waals surface area contributed by atoms with Crippen LogP contribution in [0.1, 0.15) is 17.8 Å². The fraction of sp³-hybridized carbons (Fsp3) is 0.455. The van der Waals surface area contributed by atoms with E-state index in [-0.39, 0.29) is 6.10 Å². The molecule has 18 heavy (non-hydrogen) atoms. The van der Waals surface area contributed by atoms with Crippen molar-refractivity contribution < 1.29 is 19.4 Å². The largest absolute Gasteiger partial charge is 0.479 e. The minimum Gasteiger partial charge on any atom is -0.479 e. The first-order chi connectivity index (χ1) is 8.54. The Morgan fingerprint density at radius 3 is 2.78 bits per heavy atom. The SMILES string of the molecule is COC(C)CNC(=O)NC(C(=O)O)c1cccs1. The van der Waals surface area contributed by atoms with Gasteiger partial charge in [-0.25, -0.2) is 9.59 Å². The Morgan fingerprint density at radius 2 is 2.28 bits per heavy atom. The molecule has 2 atom stereocenters. The van der Waals surface area contributed by atoms with Gasteiger partial charge in [-0.1, -0.05) is 6.07 Å². The molecule has 0 aliphatic heterocycles. The van der Waals surface area contributed by atoms with Gasteiger partial charge in [0.05, 0.1) is 6.10 Å². The van der Waals surface area contributed by atoms with E-state index < -0.39 is 18.0 Å². The zero-order valence-electron chi connectivity index (χ0n) is 10.2. The minimum absolute atomic E-state index is 0.124. The Hall–Kier alpha value is -1.60. The average Bonchev–Trinajstić information content (AvgIpc) is 2.86. The number of urea groups is 1. The summed E-state index contributed by atoms with van der Waals surface area (Å²) in [6.45, 7) is 2.12. The summed E-state index contributed by atoms with van der Waals surface area (Å²) in [5, 5.41) is 15.8. The van der Waals surface area contributed by atoms with E-state index in [1.165, 1.54) is 18.4 Å². The molecular formula is C11H16N2O4S. The number of thiophene rings is 1. The van der Waals surface area contributed by atoms with Crippen molar-refractivity contribution in [2.75, 3.05) is 13.7 Å². The van der Waals surface area contributed by atoms with E-state index in [2.05, 4.69) is 10.6 Å². The molecule has 0 saturated carbocycles. The maximum atomic E-state index is 11.5. The van der Waals surface area contributed by atoms with Crippen LogP contribution in [0.4, 0.5) is 4.79 Å². The normalized spacial score (nSPS) is 13.7. The van der Waals surface area contributed by atoms with Gasteiger partial charge in [0, 0.05) is 18.5 Å². The predicted molar refractivity (Wildman–Crippen MR) is 67.7 cm³/mol. The Morgan fingerprint density at radius 1 is 1.56 bits per heavy atom. The summed E-state index contributed by atoms with van der Waals surface area (Å²) < 4.78 is 4.97. The minimum atomic E-state index is -1.09. The van der Waals surface area contributed by atoms with Gasteiger partial charge in [0.15, 0.2) is 6.04 Å². The molecule has 0 aliphatic carbocycles. The fourth-order valence-corrected chi connectivity index (χ4v) is 1.98. The van der Waals surface area contributed by atoms with Crippen LogP contribution in [-0.4, -0.2) is 36.9 Å². The fourth-order valence-electron chi connectivity index (χ4n) is 1.21. The molecule has 0 aliphatic rings. The number of hydrogen-bond acceptors (Lipinski definition) is 4. The van der Waals surface area contributed by atoms with Gasteiger partial charge in [-0.3, -0.25) is 0 Å². The quantitative estimate of drug-likeness (QED) is 0.726. The number of carboxylic acids is 1. The maximum absolute atomic E-state index is 11.5. The van der Waals surface area contributed by atoms with Crippen LogP contribution in [0.3, 0.4) is 0 Å². The van der Waals surface area contributed by atoms with Crippen LogP contribution >= 0.6 is 11.3 Å². The standard InChI is InChI=1S/C11H16N2O4S/c1-7(17-2)6-12-11(16)13-9(10(14)15)8-4-3-5-18-8/h3-5,7,9H,6H2,1-2H3,(H,14,15)(H2,12,13,16). The smallest absolute Gasteiger partial charge is 0.331 e. The van der Waals surface area contributed by atoms with Crippen molar-refractivity contribution in [1.29, 1.82) is 0 Å². The lowest BCUT2D eigenvalue weighted by atomic mass is 10.2. The summed E-state index contributed by atoms with van der Waals surface area (Å²) in [6.07, 6.45) is -0.124. The van der Waals surface area contributed by atoms with Gasteiger partial charge in [0.25, 0.3) is 0 Å². The third-order valence-corrected chi connectivity index (χ3v) is 3.24. The summed E-state index contributed by atoms with van der Waals surface area (Å²) in [6, 6.07) is 1.85. The highest BCUT2D eigenvalue weighted by Crippen LogP contribution is 2.18. The topological polar surface area (TPSA) is 87.7 Å². The van der Waals surface area contributed by atoms with Crippen molar-refractivity contribution in [3.63, 3.8) is 0 Å². The number of rotatable bonds is 6. The molecule has 1 aromatic rings. The number of aliphatic carboxylic acids is 1. The number of amides is 2. The molecule has 1 rings (SSSR count). The number of hydrogen-bond donors (Lipinski definition) is 3. The molecule has 7 heteroatoms. The van der Waals surface area contributed by atoms with Crippen molar-refractivity contribution in [3.8, 4) is 0 Å². The van der Waals surface area contributed by atoms with Crippen LogP contribution in [0.15, 0.2) is 17.5 Å². The zero-order valence-corrected chi connectivity index (χ0v) is 11.0. The molecular weight excluding hydrogens is 256 g/mol. The van der Waals surface area contributed by atoms with Gasteiger partial charge < -0.3 is 20.5 Å². The van der Waals surface area contributed by atoms with Crippen molar-refractivity contribution >= 4 is 23.3 Å². The van der Waals surface area contributed by atoms with Gasteiger partial charge >= 0.3 is 12.0 Å². The number of methoxy groups -OCH3 is 1. The van der Waals surface area contributed by atoms with Crippen LogP contribution in [0, 0.1) is 0 Å². The van der Waals surface area contributed by atoms with Gasteiger partial charge in [-0.05, 0) is 18.4 Å². The highest BCUT2D eigenvalue weighted by Gasteiger charge is 2.22. The number of nitrogens with one attached hydrogen (secondary N) is 2.